The van der Waals surface area contributed by atoms with E-state index >= 15 is 0 Å². The van der Waals surface area contributed by atoms with Crippen molar-refractivity contribution in [3.8, 4) is 0 Å². The average Bonchev–Trinajstić information content (AvgIpc) is 3.25. The van der Waals surface area contributed by atoms with Crippen molar-refractivity contribution in [2.45, 2.75) is 76.7 Å². The molecule has 186 valence electrons. The summed E-state index contributed by atoms with van der Waals surface area (Å²) in [5.41, 5.74) is -1.73. The van der Waals surface area contributed by atoms with Crippen LogP contribution >= 0.6 is 0 Å². The Morgan fingerprint density at radius 1 is 1.18 bits per heavy atom. The molecule has 1 aromatic rings. The summed E-state index contributed by atoms with van der Waals surface area (Å²) in [6, 6.07) is 8.36. The SMILES string of the molecule is CC1CC23O[C@]1(C)[C@@H](C(=O)Nc1ccccc1)[C@H]2C(=O)N(CCCCO)C3C(=O)NC(C)(C)C. The van der Waals surface area contributed by atoms with Gasteiger partial charge in [-0.1, -0.05) is 25.1 Å². The van der Waals surface area contributed by atoms with Crippen LogP contribution in [0.5, 0.6) is 0 Å². The zero-order chi connectivity index (χ0) is 24.9. The quantitative estimate of drug-likeness (QED) is 0.529. The maximum absolute atomic E-state index is 13.9. The standard InChI is InChI=1S/C26H37N3O5/c1-16-15-26-19(18(25(16,5)34-26)21(31)27-17-11-7-6-8-12-17)23(33)29(13-9-10-14-30)20(26)22(32)28-24(2,3)4/h6-8,11-12,16,18-20,30H,9-10,13-15H2,1-5H3,(H,27,31)(H,28,32)/t16?,18-,19+,20?,25+,26?/m1/s1. The number of aliphatic hydroxyl groups is 1. The van der Waals surface area contributed by atoms with E-state index in [0.29, 0.717) is 31.5 Å². The van der Waals surface area contributed by atoms with Crippen molar-refractivity contribution >= 4 is 23.4 Å². The molecule has 3 unspecified atom stereocenters. The maximum atomic E-state index is 13.9. The van der Waals surface area contributed by atoms with Crippen LogP contribution in [0.2, 0.25) is 0 Å². The van der Waals surface area contributed by atoms with Gasteiger partial charge in [0.05, 0.1) is 17.4 Å². The van der Waals surface area contributed by atoms with Crippen LogP contribution in [0.4, 0.5) is 5.69 Å². The van der Waals surface area contributed by atoms with E-state index in [1.807, 2.05) is 65.0 Å². The van der Waals surface area contributed by atoms with Gasteiger partial charge in [0.15, 0.2) is 0 Å². The van der Waals surface area contributed by atoms with Gasteiger partial charge in [0, 0.05) is 24.4 Å². The lowest BCUT2D eigenvalue weighted by molar-refractivity contribution is -0.147. The molecule has 3 heterocycles. The second-order valence-corrected chi connectivity index (χ2v) is 11.3. The second kappa shape index (κ2) is 8.64. The largest absolute Gasteiger partial charge is 0.396 e. The van der Waals surface area contributed by atoms with Crippen LogP contribution in [0, 0.1) is 17.8 Å². The minimum atomic E-state index is -1.06. The molecule has 0 radical (unpaired) electrons. The molecule has 3 amide bonds. The molecule has 1 spiro atoms. The van der Waals surface area contributed by atoms with Gasteiger partial charge in [0.1, 0.15) is 11.6 Å². The number of aliphatic hydroxyl groups excluding tert-OH is 1. The number of nitrogens with zero attached hydrogens (tertiary/aromatic N) is 1. The molecule has 0 aromatic heterocycles. The van der Waals surface area contributed by atoms with Gasteiger partial charge >= 0.3 is 0 Å². The monoisotopic (exact) mass is 471 g/mol. The van der Waals surface area contributed by atoms with Gasteiger partial charge < -0.3 is 25.4 Å². The molecule has 3 fully saturated rings. The number of hydrogen-bond donors (Lipinski definition) is 3. The number of benzene rings is 1. The van der Waals surface area contributed by atoms with E-state index in [2.05, 4.69) is 10.6 Å². The fraction of sp³-hybridized carbons (Fsp3) is 0.654. The van der Waals surface area contributed by atoms with Crippen molar-refractivity contribution in [1.29, 1.82) is 0 Å². The van der Waals surface area contributed by atoms with E-state index in [1.165, 1.54) is 0 Å². The highest BCUT2D eigenvalue weighted by atomic mass is 16.5. The first kappa shape index (κ1) is 24.7. The summed E-state index contributed by atoms with van der Waals surface area (Å²) in [5.74, 6) is -2.18. The first-order chi connectivity index (χ1) is 15.9. The summed E-state index contributed by atoms with van der Waals surface area (Å²) in [5, 5.41) is 15.3. The van der Waals surface area contributed by atoms with Gasteiger partial charge in [-0.25, -0.2) is 0 Å². The normalized spacial score (nSPS) is 34.3. The van der Waals surface area contributed by atoms with Crippen LogP contribution in [-0.4, -0.2) is 63.7 Å². The van der Waals surface area contributed by atoms with E-state index in [1.54, 1.807) is 4.90 Å². The number of rotatable bonds is 7. The molecule has 6 atom stereocenters. The zero-order valence-electron chi connectivity index (χ0n) is 20.8. The first-order valence-electron chi connectivity index (χ1n) is 12.2. The van der Waals surface area contributed by atoms with Crippen LogP contribution in [0.1, 0.15) is 53.9 Å². The van der Waals surface area contributed by atoms with Crippen LogP contribution < -0.4 is 10.6 Å². The number of nitrogens with one attached hydrogen (secondary N) is 2. The third kappa shape index (κ3) is 3.90. The number of ether oxygens (including phenoxy) is 1. The molecule has 3 N–H and O–H groups in total. The maximum Gasteiger partial charge on any atom is 0.246 e. The molecule has 3 saturated heterocycles. The van der Waals surface area contributed by atoms with E-state index in [9.17, 15) is 19.5 Å². The number of hydrogen-bond acceptors (Lipinski definition) is 5. The Balaban J connectivity index is 1.73. The zero-order valence-corrected chi connectivity index (χ0v) is 20.8. The van der Waals surface area contributed by atoms with Crippen LogP contribution in [0.15, 0.2) is 30.3 Å². The Morgan fingerprint density at radius 3 is 2.47 bits per heavy atom. The molecule has 3 aliphatic rings. The highest BCUT2D eigenvalue weighted by Crippen LogP contribution is 2.65. The number of anilines is 1. The Bertz CT molecular complexity index is 961. The molecule has 3 aliphatic heterocycles. The molecule has 0 saturated carbocycles. The molecule has 34 heavy (non-hydrogen) atoms. The van der Waals surface area contributed by atoms with E-state index in [4.69, 9.17) is 4.74 Å². The van der Waals surface area contributed by atoms with Crippen molar-refractivity contribution in [3.05, 3.63) is 30.3 Å². The summed E-state index contributed by atoms with van der Waals surface area (Å²) in [6.07, 6.45) is 1.63. The van der Waals surface area contributed by atoms with Crippen LogP contribution in [-0.2, 0) is 19.1 Å². The number of para-hydroxylation sites is 1. The highest BCUT2D eigenvalue weighted by Gasteiger charge is 2.79. The minimum absolute atomic E-state index is 0.00889. The lowest BCUT2D eigenvalue weighted by Gasteiger charge is -2.36. The van der Waals surface area contributed by atoms with E-state index in [0.717, 1.165) is 0 Å². The highest BCUT2D eigenvalue weighted by molar-refractivity contribution is 6.02. The number of carbonyl (C=O) groups excluding carboxylic acids is 3. The van der Waals surface area contributed by atoms with Crippen molar-refractivity contribution in [3.63, 3.8) is 0 Å². The van der Waals surface area contributed by atoms with E-state index < -0.39 is 34.6 Å². The minimum Gasteiger partial charge on any atom is -0.396 e. The Morgan fingerprint density at radius 2 is 1.85 bits per heavy atom. The van der Waals surface area contributed by atoms with Crippen LogP contribution in [0.3, 0.4) is 0 Å². The number of amides is 3. The van der Waals surface area contributed by atoms with Gasteiger partial charge in [0.2, 0.25) is 17.7 Å². The summed E-state index contributed by atoms with van der Waals surface area (Å²) < 4.78 is 6.68. The van der Waals surface area contributed by atoms with Gasteiger partial charge in [-0.15, -0.1) is 0 Å². The predicted molar refractivity (Wildman–Crippen MR) is 128 cm³/mol. The van der Waals surface area contributed by atoms with Gasteiger partial charge in [-0.05, 0) is 65.0 Å². The number of likely N-dealkylation sites (tertiary alicyclic amines) is 1. The molecule has 1 aromatic carbocycles. The van der Waals surface area contributed by atoms with Crippen molar-refractivity contribution in [2.75, 3.05) is 18.5 Å². The Labute approximate surface area is 201 Å². The third-order valence-corrected chi connectivity index (χ3v) is 7.69. The predicted octanol–water partition coefficient (Wildman–Crippen LogP) is 2.32. The molecule has 0 aliphatic carbocycles. The summed E-state index contributed by atoms with van der Waals surface area (Å²) in [7, 11) is 0. The number of carbonyl (C=O) groups is 3. The number of unbranched alkanes of at least 4 members (excludes halogenated alkanes) is 1. The van der Waals surface area contributed by atoms with E-state index in [-0.39, 0.29) is 30.2 Å². The topological polar surface area (TPSA) is 108 Å². The van der Waals surface area contributed by atoms with Gasteiger partial charge in [-0.2, -0.15) is 0 Å². The molecule has 2 bridgehead atoms. The smallest absolute Gasteiger partial charge is 0.246 e. The first-order valence-corrected chi connectivity index (χ1v) is 12.2. The van der Waals surface area contributed by atoms with Gasteiger partial charge in [-0.3, -0.25) is 14.4 Å². The molecule has 8 heteroatoms. The van der Waals surface area contributed by atoms with Crippen LogP contribution in [0.25, 0.3) is 0 Å². The van der Waals surface area contributed by atoms with Crippen molar-refractivity contribution in [2.24, 2.45) is 17.8 Å². The number of fused-ring (bicyclic) bond motifs is 1. The van der Waals surface area contributed by atoms with Crippen molar-refractivity contribution in [1.82, 2.24) is 10.2 Å². The lowest BCUT2D eigenvalue weighted by atomic mass is 9.62. The summed E-state index contributed by atoms with van der Waals surface area (Å²) in [6.45, 7) is 10.00. The Kier molecular flexibility index (Phi) is 6.27. The molecular formula is C26H37N3O5. The summed E-state index contributed by atoms with van der Waals surface area (Å²) >= 11 is 0. The summed E-state index contributed by atoms with van der Waals surface area (Å²) in [4.78, 5) is 42.7. The average molecular weight is 472 g/mol. The molecule has 4 rings (SSSR count). The second-order valence-electron chi connectivity index (χ2n) is 11.3. The van der Waals surface area contributed by atoms with Crippen molar-refractivity contribution < 1.29 is 24.2 Å². The van der Waals surface area contributed by atoms with Gasteiger partial charge in [0.25, 0.3) is 0 Å². The fourth-order valence-electron chi connectivity index (χ4n) is 6.25. The third-order valence-electron chi connectivity index (χ3n) is 7.69. The molecule has 8 nitrogen and oxygen atoms in total. The Hall–Kier alpha value is -2.45. The lowest BCUT2D eigenvalue weighted by Crippen LogP contribution is -2.58. The fourth-order valence-corrected chi connectivity index (χ4v) is 6.25. The molecular weight excluding hydrogens is 434 g/mol.